The molecule has 2 heterocycles. The summed E-state index contributed by atoms with van der Waals surface area (Å²) in [7, 11) is -0.146. The van der Waals surface area contributed by atoms with Gasteiger partial charge in [0.2, 0.25) is 0 Å². The quantitative estimate of drug-likeness (QED) is 0.611. The Morgan fingerprint density at radius 1 is 1.16 bits per heavy atom. The Kier molecular flexibility index (Phi) is 3.39. The van der Waals surface area contributed by atoms with Gasteiger partial charge in [-0.05, 0) is 63.1 Å². The Hall–Kier alpha value is -0.185. The second-order valence-electron chi connectivity index (χ2n) is 6.90. The first-order chi connectivity index (χ1) is 8.89. The van der Waals surface area contributed by atoms with Crippen LogP contribution in [0, 0.1) is 5.41 Å². The van der Waals surface area contributed by atoms with Crippen molar-refractivity contribution in [3.8, 4) is 0 Å². The SMILES string of the molecule is CC1(C)OB(C2CCC([SH]3[C]=CC=C3)C2)OC1(C)C. The van der Waals surface area contributed by atoms with E-state index in [1.807, 2.05) is 0 Å². The standard InChI is InChI=1S/C15H24BO2S/c1-14(2)15(3,4)18-16(17-14)12-7-8-13(11-12)19-9-5-6-10-19/h5-6,9,12-13,19H,7-8,11H2,1-4H3. The highest BCUT2D eigenvalue weighted by atomic mass is 32.2. The molecule has 2 aliphatic heterocycles. The first kappa shape index (κ1) is 13.8. The molecule has 0 aromatic heterocycles. The number of hydrogen-bond acceptors (Lipinski definition) is 2. The monoisotopic (exact) mass is 279 g/mol. The molecule has 4 heteroatoms. The number of allylic oxidation sites excluding steroid dienone is 2. The maximum Gasteiger partial charge on any atom is 0.461 e. The van der Waals surface area contributed by atoms with E-state index in [1.54, 1.807) is 0 Å². The van der Waals surface area contributed by atoms with Gasteiger partial charge in [-0.2, -0.15) is 0 Å². The van der Waals surface area contributed by atoms with Gasteiger partial charge < -0.3 is 9.31 Å². The lowest BCUT2D eigenvalue weighted by Crippen LogP contribution is -2.41. The Bertz CT molecular complexity index is 388. The molecule has 2 nitrogen and oxygen atoms in total. The minimum atomic E-state index is -0.194. The molecular weight excluding hydrogens is 255 g/mol. The first-order valence-corrected chi connectivity index (χ1v) is 8.77. The number of thiol groups is 1. The van der Waals surface area contributed by atoms with E-state index in [0.29, 0.717) is 5.82 Å². The summed E-state index contributed by atoms with van der Waals surface area (Å²) in [4.78, 5) is 0. The van der Waals surface area contributed by atoms with Crippen LogP contribution < -0.4 is 0 Å². The fraction of sp³-hybridized carbons (Fsp3) is 0.733. The lowest BCUT2D eigenvalue weighted by molar-refractivity contribution is 0.00578. The largest absolute Gasteiger partial charge is 0.461 e. The van der Waals surface area contributed by atoms with Crippen LogP contribution in [0.4, 0.5) is 0 Å². The molecule has 105 valence electrons. The van der Waals surface area contributed by atoms with Crippen molar-refractivity contribution in [2.75, 3.05) is 0 Å². The molecule has 3 atom stereocenters. The van der Waals surface area contributed by atoms with Crippen molar-refractivity contribution in [2.24, 2.45) is 0 Å². The Labute approximate surface area is 120 Å². The van der Waals surface area contributed by atoms with E-state index in [-0.39, 0.29) is 29.2 Å². The number of rotatable bonds is 2. The smallest absolute Gasteiger partial charge is 0.403 e. The van der Waals surface area contributed by atoms with Gasteiger partial charge in [0.1, 0.15) is 0 Å². The summed E-state index contributed by atoms with van der Waals surface area (Å²) in [6, 6.07) is 0. The molecule has 0 N–H and O–H groups in total. The molecule has 1 radical (unpaired) electrons. The van der Waals surface area contributed by atoms with Crippen molar-refractivity contribution in [2.45, 2.75) is 69.2 Å². The van der Waals surface area contributed by atoms with Crippen molar-refractivity contribution in [3.63, 3.8) is 0 Å². The van der Waals surface area contributed by atoms with Crippen LogP contribution in [0.3, 0.4) is 0 Å². The van der Waals surface area contributed by atoms with E-state index in [9.17, 15) is 0 Å². The van der Waals surface area contributed by atoms with Crippen LogP contribution in [0.25, 0.3) is 0 Å². The molecule has 0 spiro atoms. The molecule has 2 fully saturated rings. The molecule has 0 amide bonds. The predicted octanol–water partition coefficient (Wildman–Crippen LogP) is 3.85. The van der Waals surface area contributed by atoms with E-state index < -0.39 is 0 Å². The van der Waals surface area contributed by atoms with E-state index in [2.05, 4.69) is 50.7 Å². The van der Waals surface area contributed by atoms with Crippen molar-refractivity contribution in [1.29, 1.82) is 0 Å². The second-order valence-corrected chi connectivity index (χ2v) is 9.00. The second kappa shape index (κ2) is 4.68. The normalized spacial score (nSPS) is 37.5. The Balaban J connectivity index is 1.63. The number of hydrogen-bond donors (Lipinski definition) is 1. The molecule has 3 rings (SSSR count). The van der Waals surface area contributed by atoms with Gasteiger partial charge in [0.15, 0.2) is 0 Å². The third-order valence-electron chi connectivity index (χ3n) is 5.06. The molecule has 3 aliphatic rings. The zero-order valence-corrected chi connectivity index (χ0v) is 13.2. The minimum absolute atomic E-state index is 0.0134. The van der Waals surface area contributed by atoms with E-state index >= 15 is 0 Å². The Morgan fingerprint density at radius 2 is 1.84 bits per heavy atom. The topological polar surface area (TPSA) is 18.5 Å². The van der Waals surface area contributed by atoms with E-state index in [0.717, 1.165) is 5.25 Å². The zero-order valence-electron chi connectivity index (χ0n) is 12.3. The maximum atomic E-state index is 6.20. The van der Waals surface area contributed by atoms with E-state index in [1.165, 1.54) is 19.3 Å². The molecule has 1 saturated heterocycles. The molecule has 19 heavy (non-hydrogen) atoms. The van der Waals surface area contributed by atoms with Crippen LogP contribution in [0.5, 0.6) is 0 Å². The van der Waals surface area contributed by atoms with Crippen LogP contribution in [0.1, 0.15) is 47.0 Å². The van der Waals surface area contributed by atoms with Crippen molar-refractivity contribution in [1.82, 2.24) is 0 Å². The summed E-state index contributed by atoms with van der Waals surface area (Å²) in [6.45, 7) is 8.55. The lowest BCUT2D eigenvalue weighted by atomic mass is 9.71. The van der Waals surface area contributed by atoms with Gasteiger partial charge in [0.05, 0.1) is 11.2 Å². The fourth-order valence-electron chi connectivity index (χ4n) is 3.11. The maximum absolute atomic E-state index is 6.20. The third-order valence-corrected chi connectivity index (χ3v) is 7.26. The van der Waals surface area contributed by atoms with Gasteiger partial charge in [0, 0.05) is 5.41 Å². The lowest BCUT2D eigenvalue weighted by Gasteiger charge is -2.32. The van der Waals surface area contributed by atoms with Crippen LogP contribution in [0.2, 0.25) is 5.82 Å². The molecule has 0 bridgehead atoms. The molecular formula is C15H24BO2S. The van der Waals surface area contributed by atoms with Crippen LogP contribution >= 0.6 is 10.9 Å². The molecule has 1 aliphatic carbocycles. The summed E-state index contributed by atoms with van der Waals surface area (Å²) in [5.41, 5.74) is -0.388. The van der Waals surface area contributed by atoms with Crippen LogP contribution in [-0.4, -0.2) is 23.6 Å². The summed E-state index contributed by atoms with van der Waals surface area (Å²) >= 11 is 0. The predicted molar refractivity (Wildman–Crippen MR) is 83.4 cm³/mol. The average molecular weight is 279 g/mol. The highest BCUT2D eigenvalue weighted by molar-refractivity contribution is 8.21. The molecule has 0 aromatic carbocycles. The zero-order chi connectivity index (χ0) is 13.7. The highest BCUT2D eigenvalue weighted by Crippen LogP contribution is 2.52. The summed E-state index contributed by atoms with van der Waals surface area (Å²) in [5, 5.41) is 6.62. The Morgan fingerprint density at radius 3 is 2.42 bits per heavy atom. The highest BCUT2D eigenvalue weighted by Gasteiger charge is 2.54. The van der Waals surface area contributed by atoms with Gasteiger partial charge in [-0.15, -0.1) is 0 Å². The van der Waals surface area contributed by atoms with Crippen molar-refractivity contribution in [3.05, 3.63) is 23.0 Å². The van der Waals surface area contributed by atoms with E-state index in [4.69, 9.17) is 9.31 Å². The molecule has 3 unspecified atom stereocenters. The minimum Gasteiger partial charge on any atom is -0.403 e. The van der Waals surface area contributed by atoms with Crippen molar-refractivity contribution >= 4 is 18.0 Å². The molecule has 1 saturated carbocycles. The average Bonchev–Trinajstić information content (AvgIpc) is 3.00. The van der Waals surface area contributed by atoms with Gasteiger partial charge in [-0.1, -0.05) is 12.5 Å². The summed E-state index contributed by atoms with van der Waals surface area (Å²) in [6.07, 6.45) is 7.98. The first-order valence-electron chi connectivity index (χ1n) is 7.29. The van der Waals surface area contributed by atoms with Gasteiger partial charge in [-0.25, -0.2) is 10.9 Å². The van der Waals surface area contributed by atoms with Gasteiger partial charge >= 0.3 is 7.12 Å². The summed E-state index contributed by atoms with van der Waals surface area (Å²) in [5.74, 6) is 0.560. The third kappa shape index (κ3) is 2.43. The van der Waals surface area contributed by atoms with Crippen molar-refractivity contribution < 1.29 is 9.31 Å². The molecule has 0 aromatic rings. The van der Waals surface area contributed by atoms with Gasteiger partial charge in [0.25, 0.3) is 0 Å². The van der Waals surface area contributed by atoms with Crippen LogP contribution in [-0.2, 0) is 9.31 Å². The fourth-order valence-corrected chi connectivity index (χ4v) is 5.10. The van der Waals surface area contributed by atoms with Crippen LogP contribution in [0.15, 0.2) is 17.6 Å². The summed E-state index contributed by atoms with van der Waals surface area (Å²) < 4.78 is 12.4. The van der Waals surface area contributed by atoms with Gasteiger partial charge in [-0.3, -0.25) is 0 Å².